The molecule has 1 atom stereocenters. The topological polar surface area (TPSA) is 77.9 Å². The second-order valence-corrected chi connectivity index (χ2v) is 3.06. The van der Waals surface area contributed by atoms with Crippen LogP contribution in [0.25, 0.3) is 0 Å². The van der Waals surface area contributed by atoms with Gasteiger partial charge in [0.05, 0.1) is 6.54 Å². The van der Waals surface area contributed by atoms with E-state index in [0.717, 1.165) is 0 Å². The van der Waals surface area contributed by atoms with Crippen LogP contribution < -0.4 is 4.72 Å². The van der Waals surface area contributed by atoms with Crippen molar-refractivity contribution in [1.29, 1.82) is 0 Å². The van der Waals surface area contributed by atoms with Crippen molar-refractivity contribution in [1.82, 2.24) is 14.9 Å². The van der Waals surface area contributed by atoms with Crippen molar-refractivity contribution in [2.24, 2.45) is 0 Å². The average Bonchev–Trinajstić information content (AvgIpc) is 2.34. The number of nitrogens with one attached hydrogen (secondary N) is 1. The van der Waals surface area contributed by atoms with Crippen LogP contribution in [0.4, 0.5) is 0 Å². The average molecular weight is 178 g/mol. The lowest BCUT2D eigenvalue weighted by Gasteiger charge is -2.02. The van der Waals surface area contributed by atoms with Crippen LogP contribution in [0.2, 0.25) is 0 Å². The number of aromatic nitrogens is 2. The summed E-state index contributed by atoms with van der Waals surface area (Å²) < 4.78 is 22.1. The van der Waals surface area contributed by atoms with E-state index in [0.29, 0.717) is 5.01 Å². The third-order valence-corrected chi connectivity index (χ3v) is 1.82. The first kappa shape index (κ1) is 7.73. The highest BCUT2D eigenvalue weighted by Crippen LogP contribution is 1.99. The van der Waals surface area contributed by atoms with Crippen LogP contribution >= 0.6 is 11.3 Å². The van der Waals surface area contributed by atoms with E-state index in [1.54, 1.807) is 5.51 Å². The Labute approximate surface area is 63.9 Å². The monoisotopic (exact) mass is 178 g/mol. The first-order valence-electron chi connectivity index (χ1n) is 2.37. The normalized spacial score (nSPS) is 13.3. The zero-order chi connectivity index (χ0) is 7.40. The standard InChI is InChI=1S/C3H5N3O2S2/c7-10(8)5-1-3-6-4-2-9-3/h2,5H,1H2,(H,7,8)/p-1. The number of hydrogen-bond donors (Lipinski definition) is 1. The first-order chi connectivity index (χ1) is 4.79. The molecule has 1 rings (SSSR count). The van der Waals surface area contributed by atoms with Crippen LogP contribution in [-0.4, -0.2) is 19.0 Å². The predicted octanol–water partition coefficient (Wildman–Crippen LogP) is -0.578. The Morgan fingerprint density at radius 3 is 3.20 bits per heavy atom. The van der Waals surface area contributed by atoms with E-state index >= 15 is 0 Å². The van der Waals surface area contributed by atoms with Gasteiger partial charge in [-0.05, 0) is 0 Å². The summed E-state index contributed by atoms with van der Waals surface area (Å²) in [7, 11) is 0. The molecule has 0 saturated heterocycles. The minimum atomic E-state index is -2.21. The minimum Gasteiger partial charge on any atom is -0.760 e. The largest absolute Gasteiger partial charge is 0.760 e. The lowest BCUT2D eigenvalue weighted by molar-refractivity contribution is 0.522. The second-order valence-electron chi connectivity index (χ2n) is 1.39. The number of rotatable bonds is 3. The summed E-state index contributed by atoms with van der Waals surface area (Å²) in [5.74, 6) is 0. The molecule has 0 aliphatic heterocycles. The maximum atomic E-state index is 9.94. The van der Waals surface area contributed by atoms with Gasteiger partial charge in [0.15, 0.2) is 0 Å². The molecule has 0 aromatic carbocycles. The van der Waals surface area contributed by atoms with Gasteiger partial charge in [-0.1, -0.05) is 0 Å². The summed E-state index contributed by atoms with van der Waals surface area (Å²) in [4.78, 5) is 0. The van der Waals surface area contributed by atoms with Gasteiger partial charge in [-0.15, -0.1) is 21.5 Å². The van der Waals surface area contributed by atoms with Crippen molar-refractivity contribution in [3.05, 3.63) is 10.5 Å². The Morgan fingerprint density at radius 2 is 2.70 bits per heavy atom. The quantitative estimate of drug-likeness (QED) is 0.628. The molecule has 1 heterocycles. The van der Waals surface area contributed by atoms with Crippen molar-refractivity contribution in [2.75, 3.05) is 0 Å². The Hall–Kier alpha value is -0.370. The highest BCUT2D eigenvalue weighted by Gasteiger charge is 1.93. The lowest BCUT2D eigenvalue weighted by Crippen LogP contribution is -2.15. The van der Waals surface area contributed by atoms with E-state index in [4.69, 9.17) is 0 Å². The highest BCUT2D eigenvalue weighted by atomic mass is 32.2. The number of nitrogens with zero attached hydrogens (tertiary/aromatic N) is 2. The zero-order valence-corrected chi connectivity index (χ0v) is 6.44. The van der Waals surface area contributed by atoms with Gasteiger partial charge in [0, 0.05) is 11.3 Å². The van der Waals surface area contributed by atoms with Crippen LogP contribution in [0.5, 0.6) is 0 Å². The summed E-state index contributed by atoms with van der Waals surface area (Å²) in [6.07, 6.45) is 0. The van der Waals surface area contributed by atoms with Crippen LogP contribution in [0.15, 0.2) is 5.51 Å². The second kappa shape index (κ2) is 3.71. The van der Waals surface area contributed by atoms with Crippen LogP contribution in [0, 0.1) is 0 Å². The maximum Gasteiger partial charge on any atom is 0.132 e. The lowest BCUT2D eigenvalue weighted by atomic mass is 10.7. The summed E-state index contributed by atoms with van der Waals surface area (Å²) in [6.45, 7) is 0.223. The van der Waals surface area contributed by atoms with Gasteiger partial charge in [-0.25, -0.2) is 4.72 Å². The Bertz CT molecular complexity index is 212. The predicted molar refractivity (Wildman–Crippen MR) is 35.7 cm³/mol. The molecule has 0 fully saturated rings. The Morgan fingerprint density at radius 1 is 1.90 bits per heavy atom. The molecule has 0 bridgehead atoms. The zero-order valence-electron chi connectivity index (χ0n) is 4.81. The maximum absolute atomic E-state index is 9.94. The SMILES string of the molecule is O=S([O-])NCc1nncs1. The van der Waals surface area contributed by atoms with E-state index in [-0.39, 0.29) is 6.54 Å². The molecule has 7 heteroatoms. The molecule has 0 saturated carbocycles. The molecule has 1 aromatic heterocycles. The van der Waals surface area contributed by atoms with Gasteiger partial charge in [-0.2, -0.15) is 0 Å². The van der Waals surface area contributed by atoms with Crippen LogP contribution in [0.3, 0.4) is 0 Å². The fraction of sp³-hybridized carbons (Fsp3) is 0.333. The molecular formula is C3H4N3O2S2-. The molecule has 1 N–H and O–H groups in total. The molecule has 0 radical (unpaired) electrons. The van der Waals surface area contributed by atoms with E-state index in [9.17, 15) is 8.76 Å². The van der Waals surface area contributed by atoms with Crippen molar-refractivity contribution in [2.45, 2.75) is 6.54 Å². The van der Waals surface area contributed by atoms with Gasteiger partial charge in [0.2, 0.25) is 0 Å². The van der Waals surface area contributed by atoms with Crippen molar-refractivity contribution >= 4 is 22.6 Å². The van der Waals surface area contributed by atoms with Crippen molar-refractivity contribution in [3.63, 3.8) is 0 Å². The molecule has 56 valence electrons. The summed E-state index contributed by atoms with van der Waals surface area (Å²) >= 11 is -0.904. The Kier molecular flexibility index (Phi) is 2.87. The van der Waals surface area contributed by atoms with Crippen LogP contribution in [0.1, 0.15) is 5.01 Å². The number of hydrogen-bond acceptors (Lipinski definition) is 5. The summed E-state index contributed by atoms with van der Waals surface area (Å²) in [5, 5.41) is 7.81. The molecule has 10 heavy (non-hydrogen) atoms. The molecule has 0 aliphatic carbocycles. The minimum absolute atomic E-state index is 0.223. The molecule has 0 aliphatic rings. The fourth-order valence-corrected chi connectivity index (χ4v) is 1.21. The van der Waals surface area contributed by atoms with E-state index in [1.807, 2.05) is 0 Å². The molecule has 1 aromatic rings. The molecule has 5 nitrogen and oxygen atoms in total. The van der Waals surface area contributed by atoms with Gasteiger partial charge in [-0.3, -0.25) is 4.21 Å². The molecular weight excluding hydrogens is 174 g/mol. The highest BCUT2D eigenvalue weighted by molar-refractivity contribution is 7.77. The van der Waals surface area contributed by atoms with Gasteiger partial charge < -0.3 is 4.55 Å². The van der Waals surface area contributed by atoms with E-state index in [1.165, 1.54) is 11.3 Å². The molecule has 0 amide bonds. The first-order valence-corrected chi connectivity index (χ1v) is 4.32. The third kappa shape index (κ3) is 2.48. The van der Waals surface area contributed by atoms with E-state index < -0.39 is 11.3 Å². The van der Waals surface area contributed by atoms with E-state index in [2.05, 4.69) is 14.9 Å². The summed E-state index contributed by atoms with van der Waals surface area (Å²) in [6, 6.07) is 0. The van der Waals surface area contributed by atoms with Gasteiger partial charge >= 0.3 is 0 Å². The smallest absolute Gasteiger partial charge is 0.132 e. The Balaban J connectivity index is 2.35. The molecule has 1 unspecified atom stereocenters. The van der Waals surface area contributed by atoms with Crippen molar-refractivity contribution in [3.8, 4) is 0 Å². The fourth-order valence-electron chi connectivity index (χ4n) is 0.394. The van der Waals surface area contributed by atoms with Gasteiger partial charge in [0.25, 0.3) is 0 Å². The van der Waals surface area contributed by atoms with Crippen molar-refractivity contribution < 1.29 is 8.76 Å². The summed E-state index contributed by atoms with van der Waals surface area (Å²) in [5.41, 5.74) is 1.55. The van der Waals surface area contributed by atoms with Crippen LogP contribution in [-0.2, 0) is 17.8 Å². The molecule has 0 spiro atoms. The van der Waals surface area contributed by atoms with Gasteiger partial charge in [0.1, 0.15) is 10.5 Å². The third-order valence-electron chi connectivity index (χ3n) is 0.746.